The molecule has 1 unspecified atom stereocenters. The Kier molecular flexibility index (Phi) is 4.42. The van der Waals surface area contributed by atoms with E-state index in [0.717, 1.165) is 31.6 Å². The second kappa shape index (κ2) is 5.83. The van der Waals surface area contributed by atoms with Crippen LogP contribution in [0.4, 0.5) is 0 Å². The van der Waals surface area contributed by atoms with Gasteiger partial charge in [-0.3, -0.25) is 0 Å². The molecule has 0 bridgehead atoms. The molecule has 2 rings (SSSR count). The average molecular weight is 212 g/mol. The molecule has 2 saturated heterocycles. The summed E-state index contributed by atoms with van der Waals surface area (Å²) in [7, 11) is 2.22. The summed E-state index contributed by atoms with van der Waals surface area (Å²) in [4.78, 5) is 2.43. The van der Waals surface area contributed by atoms with Gasteiger partial charge in [0.25, 0.3) is 0 Å². The van der Waals surface area contributed by atoms with Crippen molar-refractivity contribution in [3.05, 3.63) is 0 Å². The lowest BCUT2D eigenvalue weighted by Gasteiger charge is -2.29. The number of piperidine rings is 1. The number of rotatable bonds is 4. The zero-order chi connectivity index (χ0) is 10.5. The van der Waals surface area contributed by atoms with Gasteiger partial charge in [-0.15, -0.1) is 0 Å². The lowest BCUT2D eigenvalue weighted by Crippen LogP contribution is -2.36. The van der Waals surface area contributed by atoms with Gasteiger partial charge in [0.15, 0.2) is 0 Å². The SMILES string of the molecule is CN1CCC(CNCC2CCOC2)CC1. The van der Waals surface area contributed by atoms with Gasteiger partial charge in [0.2, 0.25) is 0 Å². The van der Waals surface area contributed by atoms with Gasteiger partial charge in [-0.2, -0.15) is 0 Å². The van der Waals surface area contributed by atoms with E-state index in [4.69, 9.17) is 4.74 Å². The van der Waals surface area contributed by atoms with E-state index in [1.54, 1.807) is 0 Å². The molecule has 1 N–H and O–H groups in total. The van der Waals surface area contributed by atoms with Crippen LogP contribution in [0.5, 0.6) is 0 Å². The highest BCUT2D eigenvalue weighted by atomic mass is 16.5. The van der Waals surface area contributed by atoms with E-state index in [1.165, 1.54) is 38.9 Å². The first kappa shape index (κ1) is 11.4. The molecule has 15 heavy (non-hydrogen) atoms. The highest BCUT2D eigenvalue weighted by molar-refractivity contribution is 4.73. The molecule has 2 aliphatic heterocycles. The molecule has 2 heterocycles. The van der Waals surface area contributed by atoms with E-state index in [-0.39, 0.29) is 0 Å². The summed E-state index contributed by atoms with van der Waals surface area (Å²) in [5.74, 6) is 1.68. The van der Waals surface area contributed by atoms with Crippen molar-refractivity contribution in [1.82, 2.24) is 10.2 Å². The van der Waals surface area contributed by atoms with Gasteiger partial charge < -0.3 is 15.0 Å². The maximum absolute atomic E-state index is 5.37. The maximum Gasteiger partial charge on any atom is 0.0507 e. The van der Waals surface area contributed by atoms with Crippen molar-refractivity contribution in [3.8, 4) is 0 Å². The molecule has 0 aromatic rings. The number of nitrogens with zero attached hydrogens (tertiary/aromatic N) is 1. The molecule has 2 aliphatic rings. The normalized spacial score (nSPS) is 29.8. The van der Waals surface area contributed by atoms with E-state index in [0.29, 0.717) is 0 Å². The standard InChI is InChI=1S/C12H24N2O/c1-14-5-2-11(3-6-14)8-13-9-12-4-7-15-10-12/h11-13H,2-10H2,1H3. The lowest BCUT2D eigenvalue weighted by atomic mass is 9.97. The topological polar surface area (TPSA) is 24.5 Å². The fourth-order valence-electron chi connectivity index (χ4n) is 2.50. The zero-order valence-corrected chi connectivity index (χ0v) is 9.87. The molecular weight excluding hydrogens is 188 g/mol. The highest BCUT2D eigenvalue weighted by Crippen LogP contribution is 2.15. The molecule has 3 heteroatoms. The van der Waals surface area contributed by atoms with Crippen LogP contribution in [0, 0.1) is 11.8 Å². The first-order valence-corrected chi connectivity index (χ1v) is 6.31. The molecule has 0 aromatic heterocycles. The minimum atomic E-state index is 0.774. The highest BCUT2D eigenvalue weighted by Gasteiger charge is 2.18. The van der Waals surface area contributed by atoms with Crippen LogP contribution in [0.2, 0.25) is 0 Å². The van der Waals surface area contributed by atoms with Crippen molar-refractivity contribution < 1.29 is 4.74 Å². The number of hydrogen-bond donors (Lipinski definition) is 1. The molecule has 0 radical (unpaired) electrons. The van der Waals surface area contributed by atoms with E-state index < -0.39 is 0 Å². The summed E-state index contributed by atoms with van der Waals surface area (Å²) in [5.41, 5.74) is 0. The van der Waals surface area contributed by atoms with Gasteiger partial charge in [-0.05, 0) is 57.8 Å². The van der Waals surface area contributed by atoms with Crippen LogP contribution in [-0.2, 0) is 4.74 Å². The van der Waals surface area contributed by atoms with Crippen molar-refractivity contribution in [2.45, 2.75) is 19.3 Å². The quantitative estimate of drug-likeness (QED) is 0.751. The third kappa shape index (κ3) is 3.74. The van der Waals surface area contributed by atoms with Gasteiger partial charge in [-0.25, -0.2) is 0 Å². The van der Waals surface area contributed by atoms with Gasteiger partial charge >= 0.3 is 0 Å². The number of ether oxygens (including phenoxy) is 1. The predicted octanol–water partition coefficient (Wildman–Crippen LogP) is 0.954. The first-order chi connectivity index (χ1) is 7.34. The first-order valence-electron chi connectivity index (χ1n) is 6.31. The summed E-state index contributed by atoms with van der Waals surface area (Å²) in [6.45, 7) is 6.87. The third-order valence-corrected chi connectivity index (χ3v) is 3.73. The minimum Gasteiger partial charge on any atom is -0.381 e. The molecule has 2 fully saturated rings. The van der Waals surface area contributed by atoms with Gasteiger partial charge in [0, 0.05) is 13.2 Å². The van der Waals surface area contributed by atoms with Crippen molar-refractivity contribution in [2.24, 2.45) is 11.8 Å². The Balaban J connectivity index is 1.53. The average Bonchev–Trinajstić information content (AvgIpc) is 2.74. The Morgan fingerprint density at radius 3 is 2.53 bits per heavy atom. The summed E-state index contributed by atoms with van der Waals surface area (Å²) in [5, 5.41) is 3.61. The number of nitrogens with one attached hydrogen (secondary N) is 1. The third-order valence-electron chi connectivity index (χ3n) is 3.73. The Bertz CT molecular complexity index is 172. The van der Waals surface area contributed by atoms with Crippen molar-refractivity contribution in [1.29, 1.82) is 0 Å². The van der Waals surface area contributed by atoms with E-state index in [2.05, 4.69) is 17.3 Å². The second-order valence-electron chi connectivity index (χ2n) is 5.13. The minimum absolute atomic E-state index is 0.774. The number of hydrogen-bond acceptors (Lipinski definition) is 3. The van der Waals surface area contributed by atoms with Crippen LogP contribution in [0.15, 0.2) is 0 Å². The van der Waals surface area contributed by atoms with Crippen molar-refractivity contribution in [2.75, 3.05) is 46.4 Å². The van der Waals surface area contributed by atoms with E-state index in [9.17, 15) is 0 Å². The predicted molar refractivity (Wildman–Crippen MR) is 62.0 cm³/mol. The van der Waals surface area contributed by atoms with E-state index >= 15 is 0 Å². The van der Waals surface area contributed by atoms with Crippen molar-refractivity contribution >= 4 is 0 Å². The van der Waals surface area contributed by atoms with Gasteiger partial charge in [0.05, 0.1) is 6.61 Å². The van der Waals surface area contributed by atoms with Crippen LogP contribution < -0.4 is 5.32 Å². The molecule has 3 nitrogen and oxygen atoms in total. The fourth-order valence-corrected chi connectivity index (χ4v) is 2.50. The van der Waals surface area contributed by atoms with Crippen LogP contribution >= 0.6 is 0 Å². The lowest BCUT2D eigenvalue weighted by molar-refractivity contribution is 0.183. The Morgan fingerprint density at radius 2 is 1.87 bits per heavy atom. The molecule has 0 spiro atoms. The summed E-state index contributed by atoms with van der Waals surface area (Å²) in [6.07, 6.45) is 3.98. The monoisotopic (exact) mass is 212 g/mol. The zero-order valence-electron chi connectivity index (χ0n) is 9.87. The largest absolute Gasteiger partial charge is 0.381 e. The maximum atomic E-state index is 5.37. The Labute approximate surface area is 93.2 Å². The molecule has 0 saturated carbocycles. The second-order valence-corrected chi connectivity index (χ2v) is 5.13. The summed E-state index contributed by atoms with van der Waals surface area (Å²) < 4.78 is 5.37. The van der Waals surface area contributed by atoms with Crippen LogP contribution in [0.1, 0.15) is 19.3 Å². The molecule has 88 valence electrons. The van der Waals surface area contributed by atoms with Crippen LogP contribution in [0.3, 0.4) is 0 Å². The molecule has 0 aliphatic carbocycles. The Morgan fingerprint density at radius 1 is 1.13 bits per heavy atom. The van der Waals surface area contributed by atoms with Crippen LogP contribution in [-0.4, -0.2) is 51.3 Å². The summed E-state index contributed by atoms with van der Waals surface area (Å²) in [6, 6.07) is 0. The van der Waals surface area contributed by atoms with Crippen molar-refractivity contribution in [3.63, 3.8) is 0 Å². The van der Waals surface area contributed by atoms with Gasteiger partial charge in [0.1, 0.15) is 0 Å². The molecule has 0 amide bonds. The molecule has 1 atom stereocenters. The Hall–Kier alpha value is -0.120. The molecule has 0 aromatic carbocycles. The fraction of sp³-hybridized carbons (Fsp3) is 1.00. The van der Waals surface area contributed by atoms with Crippen LogP contribution in [0.25, 0.3) is 0 Å². The molecular formula is C12H24N2O. The smallest absolute Gasteiger partial charge is 0.0507 e. The summed E-state index contributed by atoms with van der Waals surface area (Å²) >= 11 is 0. The number of likely N-dealkylation sites (tertiary alicyclic amines) is 1. The van der Waals surface area contributed by atoms with E-state index in [1.807, 2.05) is 0 Å². The van der Waals surface area contributed by atoms with Gasteiger partial charge in [-0.1, -0.05) is 0 Å².